The summed E-state index contributed by atoms with van der Waals surface area (Å²) in [5.74, 6) is -1.05. The Balaban J connectivity index is 2.24. The molecule has 1 N–H and O–H groups in total. The van der Waals surface area contributed by atoms with E-state index in [2.05, 4.69) is 15.9 Å². The molecule has 0 atom stereocenters. The predicted octanol–water partition coefficient (Wildman–Crippen LogP) is 3.71. The topological polar surface area (TPSA) is 54.4 Å². The van der Waals surface area contributed by atoms with Gasteiger partial charge in [-0.2, -0.15) is 0 Å². The largest absolute Gasteiger partial charge is 0.481 e. The van der Waals surface area contributed by atoms with Gasteiger partial charge in [0.25, 0.3) is 0 Å². The molecule has 0 aliphatic carbocycles. The monoisotopic (exact) mass is 312 g/mol. The number of carbonyl (C=O) groups is 2. The maximum atomic E-state index is 11.7. The lowest BCUT2D eigenvalue weighted by Crippen LogP contribution is -2.01. The summed E-state index contributed by atoms with van der Waals surface area (Å²) >= 11 is 4.77. The van der Waals surface area contributed by atoms with Crippen LogP contribution in [0.15, 0.2) is 28.7 Å². The molecule has 1 aromatic heterocycles. The second-order valence-electron chi connectivity index (χ2n) is 3.61. The number of ketones is 1. The number of carboxylic acid groups (broad SMARTS) is 1. The van der Waals surface area contributed by atoms with E-state index >= 15 is 0 Å². The number of Topliss-reactive ketones (excluding diaryl/α,β-unsaturated/α-hetero) is 1. The minimum absolute atomic E-state index is 0.0589. The van der Waals surface area contributed by atoms with E-state index < -0.39 is 5.97 Å². The van der Waals surface area contributed by atoms with E-state index in [1.807, 2.05) is 24.3 Å². The molecule has 0 bridgehead atoms. The summed E-state index contributed by atoms with van der Waals surface area (Å²) < 4.78 is 2.00. The van der Waals surface area contributed by atoms with Gasteiger partial charge in [-0.1, -0.05) is 15.9 Å². The Morgan fingerprint density at radius 3 is 2.71 bits per heavy atom. The van der Waals surface area contributed by atoms with Crippen molar-refractivity contribution in [1.29, 1.82) is 0 Å². The van der Waals surface area contributed by atoms with Crippen LogP contribution in [-0.4, -0.2) is 16.9 Å². The smallest absolute Gasteiger partial charge is 0.303 e. The summed E-state index contributed by atoms with van der Waals surface area (Å²) in [7, 11) is 0. The lowest BCUT2D eigenvalue weighted by atomic mass is 10.2. The summed E-state index contributed by atoms with van der Waals surface area (Å²) in [5, 5.41) is 9.53. The molecule has 17 heavy (non-hydrogen) atoms. The molecule has 0 unspecified atom stereocenters. The third-order valence-corrected chi connectivity index (χ3v) is 3.97. The molecule has 0 saturated carbocycles. The number of carbonyl (C=O) groups excluding carboxylic acids is 1. The van der Waals surface area contributed by atoms with Crippen molar-refractivity contribution in [2.75, 3.05) is 0 Å². The van der Waals surface area contributed by atoms with Gasteiger partial charge in [-0.15, -0.1) is 11.3 Å². The van der Waals surface area contributed by atoms with Crippen molar-refractivity contribution in [1.82, 2.24) is 0 Å². The zero-order chi connectivity index (χ0) is 12.4. The van der Waals surface area contributed by atoms with Gasteiger partial charge in [0.2, 0.25) is 0 Å². The van der Waals surface area contributed by atoms with Crippen molar-refractivity contribution in [3.63, 3.8) is 0 Å². The second kappa shape index (κ2) is 4.98. The molecule has 3 nitrogen and oxygen atoms in total. The van der Waals surface area contributed by atoms with E-state index in [1.54, 1.807) is 0 Å². The SMILES string of the molecule is O=C(O)CCC(=O)c1cc2cc(Br)ccc2s1. The highest BCUT2D eigenvalue weighted by atomic mass is 79.9. The van der Waals surface area contributed by atoms with Crippen molar-refractivity contribution in [2.45, 2.75) is 12.8 Å². The molecule has 0 saturated heterocycles. The van der Waals surface area contributed by atoms with Gasteiger partial charge in [0.1, 0.15) is 0 Å². The third kappa shape index (κ3) is 2.92. The first-order chi connectivity index (χ1) is 8.06. The lowest BCUT2D eigenvalue weighted by Gasteiger charge is -1.92. The molecule has 0 fully saturated rings. The average Bonchev–Trinajstić information content (AvgIpc) is 2.68. The van der Waals surface area contributed by atoms with Crippen LogP contribution in [0.5, 0.6) is 0 Å². The van der Waals surface area contributed by atoms with Gasteiger partial charge in [-0.25, -0.2) is 0 Å². The van der Waals surface area contributed by atoms with Crippen LogP contribution in [0, 0.1) is 0 Å². The van der Waals surface area contributed by atoms with Crippen LogP contribution in [0.3, 0.4) is 0 Å². The fourth-order valence-electron chi connectivity index (χ4n) is 1.50. The van der Waals surface area contributed by atoms with Crippen LogP contribution in [0.1, 0.15) is 22.5 Å². The molecule has 1 heterocycles. The standard InChI is InChI=1S/C12H9BrO3S/c13-8-1-3-10-7(5-8)6-11(17-10)9(14)2-4-12(15)16/h1,3,5-6H,2,4H2,(H,15,16). The van der Waals surface area contributed by atoms with E-state index in [0.29, 0.717) is 4.88 Å². The normalized spacial score (nSPS) is 10.6. The molecule has 0 amide bonds. The number of aliphatic carboxylic acids is 1. The number of fused-ring (bicyclic) bond motifs is 1. The Kier molecular flexibility index (Phi) is 3.59. The zero-order valence-electron chi connectivity index (χ0n) is 8.77. The first-order valence-electron chi connectivity index (χ1n) is 5.00. The molecule has 2 rings (SSSR count). The van der Waals surface area contributed by atoms with Crippen LogP contribution < -0.4 is 0 Å². The highest BCUT2D eigenvalue weighted by Crippen LogP contribution is 2.29. The van der Waals surface area contributed by atoms with Gasteiger partial charge in [-0.3, -0.25) is 9.59 Å². The number of carboxylic acids is 1. The quantitative estimate of drug-likeness (QED) is 0.876. The molecule has 2 aromatic rings. The number of hydrogen-bond donors (Lipinski definition) is 1. The van der Waals surface area contributed by atoms with E-state index in [-0.39, 0.29) is 18.6 Å². The Hall–Kier alpha value is -1.20. The Labute approximate surface area is 110 Å². The fourth-order valence-corrected chi connectivity index (χ4v) is 2.88. The molecule has 0 radical (unpaired) electrons. The van der Waals surface area contributed by atoms with E-state index in [4.69, 9.17) is 5.11 Å². The molecular formula is C12H9BrO3S. The number of benzene rings is 1. The summed E-state index contributed by atoms with van der Waals surface area (Å²) in [5.41, 5.74) is 0. The molecule has 0 spiro atoms. The summed E-state index contributed by atoms with van der Waals surface area (Å²) in [4.78, 5) is 22.8. The maximum absolute atomic E-state index is 11.7. The summed E-state index contributed by atoms with van der Waals surface area (Å²) in [6.45, 7) is 0. The van der Waals surface area contributed by atoms with Crippen molar-refractivity contribution in [2.24, 2.45) is 0 Å². The van der Waals surface area contributed by atoms with Gasteiger partial charge in [-0.05, 0) is 29.7 Å². The third-order valence-electron chi connectivity index (χ3n) is 2.32. The van der Waals surface area contributed by atoms with Gasteiger partial charge >= 0.3 is 5.97 Å². The van der Waals surface area contributed by atoms with Gasteiger partial charge < -0.3 is 5.11 Å². The molecule has 0 aliphatic heterocycles. The van der Waals surface area contributed by atoms with Crippen LogP contribution in [0.25, 0.3) is 10.1 Å². The highest BCUT2D eigenvalue weighted by molar-refractivity contribution is 9.10. The van der Waals surface area contributed by atoms with Gasteiger partial charge in [0.15, 0.2) is 5.78 Å². The predicted molar refractivity (Wildman–Crippen MR) is 70.7 cm³/mol. The Morgan fingerprint density at radius 2 is 2.00 bits per heavy atom. The Morgan fingerprint density at radius 1 is 1.24 bits per heavy atom. The van der Waals surface area contributed by atoms with Crippen molar-refractivity contribution < 1.29 is 14.7 Å². The maximum Gasteiger partial charge on any atom is 0.303 e. The van der Waals surface area contributed by atoms with Gasteiger partial charge in [0, 0.05) is 15.6 Å². The number of halogens is 1. The average molecular weight is 313 g/mol. The minimum Gasteiger partial charge on any atom is -0.481 e. The molecule has 1 aromatic carbocycles. The minimum atomic E-state index is -0.942. The van der Waals surface area contributed by atoms with E-state index in [1.165, 1.54) is 11.3 Å². The fraction of sp³-hybridized carbons (Fsp3) is 0.167. The van der Waals surface area contributed by atoms with Crippen LogP contribution in [-0.2, 0) is 4.79 Å². The van der Waals surface area contributed by atoms with E-state index in [9.17, 15) is 9.59 Å². The van der Waals surface area contributed by atoms with Crippen LogP contribution >= 0.6 is 27.3 Å². The van der Waals surface area contributed by atoms with Crippen molar-refractivity contribution >= 4 is 49.1 Å². The molecule has 88 valence electrons. The molecule has 5 heteroatoms. The van der Waals surface area contributed by atoms with Crippen molar-refractivity contribution in [3.05, 3.63) is 33.6 Å². The number of rotatable bonds is 4. The van der Waals surface area contributed by atoms with Crippen LogP contribution in [0.4, 0.5) is 0 Å². The van der Waals surface area contributed by atoms with E-state index in [0.717, 1.165) is 14.6 Å². The number of thiophene rings is 1. The molecule has 0 aliphatic rings. The first-order valence-corrected chi connectivity index (χ1v) is 6.61. The summed E-state index contributed by atoms with van der Waals surface area (Å²) in [6.07, 6.45) is -0.0555. The Bertz CT molecular complexity index is 588. The van der Waals surface area contributed by atoms with Crippen molar-refractivity contribution in [3.8, 4) is 0 Å². The van der Waals surface area contributed by atoms with Crippen LogP contribution in [0.2, 0.25) is 0 Å². The lowest BCUT2D eigenvalue weighted by molar-refractivity contribution is -0.136. The second-order valence-corrected chi connectivity index (χ2v) is 5.61. The van der Waals surface area contributed by atoms with Gasteiger partial charge in [0.05, 0.1) is 11.3 Å². The first kappa shape index (κ1) is 12.3. The molecular weight excluding hydrogens is 304 g/mol. The summed E-state index contributed by atoms with van der Waals surface area (Å²) in [6, 6.07) is 7.62. The highest BCUT2D eigenvalue weighted by Gasteiger charge is 2.12. The zero-order valence-corrected chi connectivity index (χ0v) is 11.2. The number of hydrogen-bond acceptors (Lipinski definition) is 3.